The van der Waals surface area contributed by atoms with Crippen LogP contribution >= 0.6 is 15.9 Å². The quantitative estimate of drug-likeness (QED) is 0.650. The average molecular weight is 355 g/mol. The van der Waals surface area contributed by atoms with E-state index in [1.165, 1.54) is 18.9 Å². The van der Waals surface area contributed by atoms with Crippen molar-refractivity contribution in [2.45, 2.75) is 50.2 Å². The molecule has 1 aromatic carbocycles. The molecule has 1 atom stereocenters. The summed E-state index contributed by atoms with van der Waals surface area (Å²) in [5.41, 5.74) is 0.732. The summed E-state index contributed by atoms with van der Waals surface area (Å²) in [7, 11) is 0. The number of ether oxygens (including phenoxy) is 1. The van der Waals surface area contributed by atoms with Gasteiger partial charge >= 0.3 is 0 Å². The summed E-state index contributed by atoms with van der Waals surface area (Å²) in [5, 5.41) is 14.5. The molecule has 0 aromatic heterocycles. The van der Waals surface area contributed by atoms with E-state index in [2.05, 4.69) is 21.2 Å². The van der Waals surface area contributed by atoms with Crippen LogP contribution in [0.25, 0.3) is 0 Å². The van der Waals surface area contributed by atoms with Crippen LogP contribution in [-0.2, 0) is 4.74 Å². The maximum absolute atomic E-state index is 11.1. The van der Waals surface area contributed by atoms with E-state index in [4.69, 9.17) is 4.74 Å². The number of nitro groups is 1. The van der Waals surface area contributed by atoms with Gasteiger partial charge in [0.2, 0.25) is 0 Å². The van der Waals surface area contributed by atoms with Gasteiger partial charge in [-0.3, -0.25) is 10.1 Å². The Morgan fingerprint density at radius 3 is 2.86 bits per heavy atom. The Morgan fingerprint density at radius 2 is 2.14 bits per heavy atom. The molecule has 1 aliphatic heterocycles. The average Bonchev–Trinajstić information content (AvgIpc) is 2.86. The Hall–Kier alpha value is -1.14. The molecule has 1 saturated carbocycles. The first-order chi connectivity index (χ1) is 10.1. The number of benzene rings is 1. The summed E-state index contributed by atoms with van der Waals surface area (Å²) in [5.74, 6) is 0. The first kappa shape index (κ1) is 14.8. The third kappa shape index (κ3) is 3.21. The van der Waals surface area contributed by atoms with E-state index >= 15 is 0 Å². The molecule has 0 radical (unpaired) electrons. The predicted molar refractivity (Wildman–Crippen MR) is 84.6 cm³/mol. The van der Waals surface area contributed by atoms with E-state index in [1.807, 2.05) is 0 Å². The van der Waals surface area contributed by atoms with E-state index < -0.39 is 0 Å². The number of halogens is 1. The van der Waals surface area contributed by atoms with Gasteiger partial charge in [-0.15, -0.1) is 0 Å². The lowest BCUT2D eigenvalue weighted by molar-refractivity contribution is -0.384. The number of anilines is 1. The number of hydrogen-bond acceptors (Lipinski definition) is 4. The Bertz CT molecular complexity index is 544. The maximum atomic E-state index is 11.1. The largest absolute Gasteiger partial charge is 0.377 e. The minimum Gasteiger partial charge on any atom is -0.377 e. The van der Waals surface area contributed by atoms with E-state index in [0.29, 0.717) is 5.69 Å². The van der Waals surface area contributed by atoms with Crippen LogP contribution in [-0.4, -0.2) is 23.2 Å². The molecule has 3 rings (SSSR count). The predicted octanol–water partition coefficient (Wildman–Crippen LogP) is 4.26. The molecule has 1 aromatic rings. The van der Waals surface area contributed by atoms with Crippen molar-refractivity contribution in [2.75, 3.05) is 11.9 Å². The van der Waals surface area contributed by atoms with Gasteiger partial charge in [-0.1, -0.05) is 28.8 Å². The molecule has 1 aliphatic carbocycles. The molecule has 0 bridgehead atoms. The zero-order valence-corrected chi connectivity index (χ0v) is 13.4. The van der Waals surface area contributed by atoms with Crippen molar-refractivity contribution < 1.29 is 9.66 Å². The van der Waals surface area contributed by atoms with Crippen LogP contribution < -0.4 is 5.32 Å². The summed E-state index contributed by atoms with van der Waals surface area (Å²) >= 11 is 3.38. The summed E-state index contributed by atoms with van der Waals surface area (Å²) in [6.07, 6.45) is 6.52. The lowest BCUT2D eigenvalue weighted by Gasteiger charge is -2.38. The van der Waals surface area contributed by atoms with E-state index in [0.717, 1.165) is 36.8 Å². The van der Waals surface area contributed by atoms with Gasteiger partial charge in [0.25, 0.3) is 5.69 Å². The molecule has 21 heavy (non-hydrogen) atoms. The SMILES string of the molecule is O=[N+]([O-])c1ccc(Br)cc1NC1CCOC2(CCCC2)C1. The van der Waals surface area contributed by atoms with Gasteiger partial charge in [0.1, 0.15) is 5.69 Å². The van der Waals surface area contributed by atoms with Crippen molar-refractivity contribution in [3.63, 3.8) is 0 Å². The van der Waals surface area contributed by atoms with Crippen LogP contribution in [0.3, 0.4) is 0 Å². The third-order valence-corrected chi connectivity index (χ3v) is 5.02. The van der Waals surface area contributed by atoms with Gasteiger partial charge in [-0.2, -0.15) is 0 Å². The number of rotatable bonds is 3. The highest BCUT2D eigenvalue weighted by atomic mass is 79.9. The van der Waals surface area contributed by atoms with E-state index in [9.17, 15) is 10.1 Å². The number of hydrogen-bond donors (Lipinski definition) is 1. The smallest absolute Gasteiger partial charge is 0.292 e. The van der Waals surface area contributed by atoms with Crippen LogP contribution in [0, 0.1) is 10.1 Å². The van der Waals surface area contributed by atoms with Crippen molar-refractivity contribution in [3.8, 4) is 0 Å². The number of nitrogens with zero attached hydrogens (tertiary/aromatic N) is 1. The second-order valence-corrected chi connectivity index (χ2v) is 6.91. The normalized spacial score (nSPS) is 24.1. The fourth-order valence-corrected chi connectivity index (χ4v) is 3.88. The van der Waals surface area contributed by atoms with E-state index in [-0.39, 0.29) is 22.3 Å². The van der Waals surface area contributed by atoms with Gasteiger partial charge < -0.3 is 10.1 Å². The first-order valence-corrected chi connectivity index (χ1v) is 8.22. The second-order valence-electron chi connectivity index (χ2n) is 5.99. The molecule has 1 spiro atoms. The molecule has 1 N–H and O–H groups in total. The van der Waals surface area contributed by atoms with E-state index in [1.54, 1.807) is 12.1 Å². The molecular formula is C15H19BrN2O3. The Morgan fingerprint density at radius 1 is 1.38 bits per heavy atom. The molecule has 1 saturated heterocycles. The molecule has 6 heteroatoms. The lowest BCUT2D eigenvalue weighted by Crippen LogP contribution is -2.42. The summed E-state index contributed by atoms with van der Waals surface area (Å²) in [6, 6.07) is 5.27. The van der Waals surface area contributed by atoms with Crippen molar-refractivity contribution >= 4 is 27.3 Å². The lowest BCUT2D eigenvalue weighted by atomic mass is 9.89. The standard InChI is InChI=1S/C15H19BrN2O3/c16-11-3-4-14(18(19)20)13(9-11)17-12-5-8-21-15(10-12)6-1-2-7-15/h3-4,9,12,17H,1-2,5-8,10H2. The zero-order valence-electron chi connectivity index (χ0n) is 11.8. The van der Waals surface area contributed by atoms with Crippen LogP contribution in [0.1, 0.15) is 38.5 Å². The number of nitrogens with one attached hydrogen (secondary N) is 1. The molecule has 2 fully saturated rings. The third-order valence-electron chi connectivity index (χ3n) is 4.52. The fourth-order valence-electron chi connectivity index (χ4n) is 3.52. The van der Waals surface area contributed by atoms with Crippen molar-refractivity contribution in [1.82, 2.24) is 0 Å². The monoisotopic (exact) mass is 354 g/mol. The van der Waals surface area contributed by atoms with Crippen LogP contribution in [0.15, 0.2) is 22.7 Å². The van der Waals surface area contributed by atoms with Crippen molar-refractivity contribution in [3.05, 3.63) is 32.8 Å². The van der Waals surface area contributed by atoms with Crippen LogP contribution in [0.2, 0.25) is 0 Å². The summed E-state index contributed by atoms with van der Waals surface area (Å²) in [4.78, 5) is 10.8. The summed E-state index contributed by atoms with van der Waals surface area (Å²) in [6.45, 7) is 0.736. The molecule has 2 aliphatic rings. The molecule has 1 heterocycles. The minimum absolute atomic E-state index is 0.0106. The van der Waals surface area contributed by atoms with Crippen LogP contribution in [0.5, 0.6) is 0 Å². The Balaban J connectivity index is 1.77. The topological polar surface area (TPSA) is 64.4 Å². The fraction of sp³-hybridized carbons (Fsp3) is 0.600. The van der Waals surface area contributed by atoms with Crippen molar-refractivity contribution in [1.29, 1.82) is 0 Å². The Kier molecular flexibility index (Phi) is 4.17. The molecular weight excluding hydrogens is 336 g/mol. The highest BCUT2D eigenvalue weighted by Crippen LogP contribution is 2.41. The highest BCUT2D eigenvalue weighted by molar-refractivity contribution is 9.10. The maximum Gasteiger partial charge on any atom is 0.292 e. The number of nitro benzene ring substituents is 1. The molecule has 1 unspecified atom stereocenters. The first-order valence-electron chi connectivity index (χ1n) is 7.42. The van der Waals surface area contributed by atoms with Crippen LogP contribution in [0.4, 0.5) is 11.4 Å². The minimum atomic E-state index is -0.334. The molecule has 5 nitrogen and oxygen atoms in total. The van der Waals surface area contributed by atoms with Gasteiger partial charge in [0.05, 0.1) is 10.5 Å². The summed E-state index contributed by atoms with van der Waals surface area (Å²) < 4.78 is 6.86. The molecule has 114 valence electrons. The zero-order chi connectivity index (χ0) is 14.9. The second kappa shape index (κ2) is 5.93. The van der Waals surface area contributed by atoms with Gasteiger partial charge in [0, 0.05) is 23.2 Å². The van der Waals surface area contributed by atoms with Crippen molar-refractivity contribution in [2.24, 2.45) is 0 Å². The Labute approximate surface area is 132 Å². The highest BCUT2D eigenvalue weighted by Gasteiger charge is 2.40. The van der Waals surface area contributed by atoms with Gasteiger partial charge in [-0.05, 0) is 37.8 Å². The van der Waals surface area contributed by atoms with Gasteiger partial charge in [-0.25, -0.2) is 0 Å². The molecule has 0 amide bonds. The van der Waals surface area contributed by atoms with Gasteiger partial charge in [0.15, 0.2) is 0 Å².